The van der Waals surface area contributed by atoms with E-state index < -0.39 is 0 Å². The lowest BCUT2D eigenvalue weighted by Gasteiger charge is -2.04. The third kappa shape index (κ3) is 3.89. The van der Waals surface area contributed by atoms with Crippen LogP contribution in [0, 0.1) is 13.8 Å². The van der Waals surface area contributed by atoms with Gasteiger partial charge in [0.05, 0.1) is 0 Å². The van der Waals surface area contributed by atoms with Crippen LogP contribution in [-0.4, -0.2) is 19.1 Å². The van der Waals surface area contributed by atoms with Gasteiger partial charge < -0.3 is 10.6 Å². The van der Waals surface area contributed by atoms with Crippen LogP contribution in [0.2, 0.25) is 0 Å². The number of aryl methyl sites for hydroxylation is 2. The zero-order valence-electron chi connectivity index (χ0n) is 10.3. The Morgan fingerprint density at radius 2 is 2.12 bits per heavy atom. The van der Waals surface area contributed by atoms with E-state index in [-0.39, 0.29) is 0 Å². The molecule has 3 heteroatoms. The van der Waals surface area contributed by atoms with Crippen molar-refractivity contribution in [2.24, 2.45) is 0 Å². The minimum Gasteiger partial charge on any atom is -0.314 e. The number of rotatable bonds is 7. The van der Waals surface area contributed by atoms with E-state index in [2.05, 4.69) is 30.5 Å². The first-order valence-electron chi connectivity index (χ1n) is 6.25. The minimum absolute atomic E-state index is 0.850. The van der Waals surface area contributed by atoms with Crippen LogP contribution >= 0.6 is 11.3 Å². The lowest BCUT2D eigenvalue weighted by molar-refractivity contribution is 0.595. The van der Waals surface area contributed by atoms with Crippen LogP contribution in [0.15, 0.2) is 6.07 Å². The molecule has 0 saturated heterocycles. The van der Waals surface area contributed by atoms with E-state index in [1.54, 1.807) is 0 Å². The summed E-state index contributed by atoms with van der Waals surface area (Å²) in [6.07, 6.45) is 4.02. The molecule has 0 spiro atoms. The van der Waals surface area contributed by atoms with Crippen LogP contribution in [0.3, 0.4) is 0 Å². The Balaban J connectivity index is 1.53. The monoisotopic (exact) mass is 238 g/mol. The lowest BCUT2D eigenvalue weighted by atomic mass is 10.3. The molecule has 0 amide bonds. The zero-order valence-corrected chi connectivity index (χ0v) is 11.1. The maximum Gasteiger partial charge on any atom is 0.0299 e. The summed E-state index contributed by atoms with van der Waals surface area (Å²) < 4.78 is 0. The van der Waals surface area contributed by atoms with Gasteiger partial charge in [-0.1, -0.05) is 0 Å². The van der Waals surface area contributed by atoms with Gasteiger partial charge in [-0.15, -0.1) is 11.3 Å². The zero-order chi connectivity index (χ0) is 11.4. The number of nitrogens with one attached hydrogen (secondary N) is 2. The summed E-state index contributed by atoms with van der Waals surface area (Å²) in [6.45, 7) is 7.70. The minimum atomic E-state index is 0.850. The normalized spacial score (nSPS) is 15.6. The topological polar surface area (TPSA) is 24.1 Å². The molecule has 90 valence electrons. The molecule has 1 aliphatic rings. The predicted molar refractivity (Wildman–Crippen MR) is 71.1 cm³/mol. The van der Waals surface area contributed by atoms with Crippen molar-refractivity contribution in [3.05, 3.63) is 21.4 Å². The summed E-state index contributed by atoms with van der Waals surface area (Å²) >= 11 is 1.91. The summed E-state index contributed by atoms with van der Waals surface area (Å²) in [7, 11) is 0. The van der Waals surface area contributed by atoms with Gasteiger partial charge in [-0.3, -0.25) is 0 Å². The molecule has 1 saturated carbocycles. The van der Waals surface area contributed by atoms with Crippen molar-refractivity contribution in [2.45, 2.75) is 45.7 Å². The van der Waals surface area contributed by atoms with E-state index in [1.807, 2.05) is 11.3 Å². The molecule has 1 fully saturated rings. The Morgan fingerprint density at radius 3 is 2.75 bits per heavy atom. The number of hydrogen-bond donors (Lipinski definition) is 2. The first-order chi connectivity index (χ1) is 7.75. The number of thiophene rings is 1. The maximum atomic E-state index is 3.53. The van der Waals surface area contributed by atoms with Crippen molar-refractivity contribution in [2.75, 3.05) is 13.1 Å². The SMILES string of the molecule is Cc1cc(CNCCCNC2CC2)sc1C. The molecule has 0 atom stereocenters. The van der Waals surface area contributed by atoms with Gasteiger partial charge in [0.1, 0.15) is 0 Å². The van der Waals surface area contributed by atoms with Crippen LogP contribution in [0.4, 0.5) is 0 Å². The van der Waals surface area contributed by atoms with Gasteiger partial charge >= 0.3 is 0 Å². The fourth-order valence-electron chi connectivity index (χ4n) is 1.76. The highest BCUT2D eigenvalue weighted by Crippen LogP contribution is 2.20. The van der Waals surface area contributed by atoms with E-state index in [0.29, 0.717) is 0 Å². The van der Waals surface area contributed by atoms with Crippen molar-refractivity contribution in [3.8, 4) is 0 Å². The molecule has 2 nitrogen and oxygen atoms in total. The van der Waals surface area contributed by atoms with Crippen molar-refractivity contribution < 1.29 is 0 Å². The Bertz CT molecular complexity index is 309. The van der Waals surface area contributed by atoms with Crippen LogP contribution in [0.5, 0.6) is 0 Å². The average Bonchev–Trinajstić information content (AvgIpc) is 3.01. The molecule has 0 bridgehead atoms. The van der Waals surface area contributed by atoms with Gasteiger partial charge in [-0.05, 0) is 57.8 Å². The van der Waals surface area contributed by atoms with E-state index in [4.69, 9.17) is 0 Å². The fourth-order valence-corrected chi connectivity index (χ4v) is 2.78. The highest BCUT2D eigenvalue weighted by atomic mass is 32.1. The highest BCUT2D eigenvalue weighted by molar-refractivity contribution is 7.12. The maximum absolute atomic E-state index is 3.53. The molecule has 0 aliphatic heterocycles. The van der Waals surface area contributed by atoms with E-state index >= 15 is 0 Å². The van der Waals surface area contributed by atoms with Crippen molar-refractivity contribution >= 4 is 11.3 Å². The van der Waals surface area contributed by atoms with Crippen LogP contribution in [-0.2, 0) is 6.54 Å². The second kappa shape index (κ2) is 5.80. The molecular formula is C13H22N2S. The smallest absolute Gasteiger partial charge is 0.0299 e. The molecular weight excluding hydrogens is 216 g/mol. The van der Waals surface area contributed by atoms with Gasteiger partial charge in [0.2, 0.25) is 0 Å². The molecule has 2 N–H and O–H groups in total. The lowest BCUT2D eigenvalue weighted by Crippen LogP contribution is -2.22. The summed E-state index contributed by atoms with van der Waals surface area (Å²) in [5, 5.41) is 7.04. The van der Waals surface area contributed by atoms with Crippen LogP contribution in [0.25, 0.3) is 0 Å². The molecule has 1 aromatic rings. The molecule has 1 heterocycles. The molecule has 1 aliphatic carbocycles. The van der Waals surface area contributed by atoms with Crippen LogP contribution < -0.4 is 10.6 Å². The largest absolute Gasteiger partial charge is 0.314 e. The molecule has 16 heavy (non-hydrogen) atoms. The molecule has 0 radical (unpaired) electrons. The van der Waals surface area contributed by atoms with Gasteiger partial charge in [-0.25, -0.2) is 0 Å². The van der Waals surface area contributed by atoms with Crippen LogP contribution in [0.1, 0.15) is 34.6 Å². The number of hydrogen-bond acceptors (Lipinski definition) is 3. The predicted octanol–water partition coefficient (Wildman–Crippen LogP) is 2.60. The second-order valence-electron chi connectivity index (χ2n) is 4.71. The Kier molecular flexibility index (Phi) is 4.38. The average molecular weight is 238 g/mol. The second-order valence-corrected chi connectivity index (χ2v) is 6.05. The first-order valence-corrected chi connectivity index (χ1v) is 7.07. The van der Waals surface area contributed by atoms with E-state index in [9.17, 15) is 0 Å². The van der Waals surface area contributed by atoms with Crippen molar-refractivity contribution in [1.82, 2.24) is 10.6 Å². The van der Waals surface area contributed by atoms with E-state index in [0.717, 1.165) is 19.1 Å². The Labute approximate surface area is 102 Å². The molecule has 1 aromatic heterocycles. The Hall–Kier alpha value is -0.380. The van der Waals surface area contributed by atoms with Gasteiger partial charge in [0.15, 0.2) is 0 Å². The molecule has 0 unspecified atom stereocenters. The first kappa shape index (κ1) is 12.1. The standard InChI is InChI=1S/C13H22N2S/c1-10-8-13(16-11(10)2)9-14-6-3-7-15-12-4-5-12/h8,12,14-15H,3-7,9H2,1-2H3. The molecule has 0 aromatic carbocycles. The summed E-state index contributed by atoms with van der Waals surface area (Å²) in [5.74, 6) is 0. The van der Waals surface area contributed by atoms with Crippen molar-refractivity contribution in [3.63, 3.8) is 0 Å². The highest BCUT2D eigenvalue weighted by Gasteiger charge is 2.19. The van der Waals surface area contributed by atoms with E-state index in [1.165, 1.54) is 41.1 Å². The Morgan fingerprint density at radius 1 is 1.31 bits per heavy atom. The quantitative estimate of drug-likeness (QED) is 0.714. The summed E-state index contributed by atoms with van der Waals surface area (Å²) in [4.78, 5) is 2.91. The van der Waals surface area contributed by atoms with Gasteiger partial charge in [-0.2, -0.15) is 0 Å². The van der Waals surface area contributed by atoms with Gasteiger partial charge in [0.25, 0.3) is 0 Å². The fraction of sp³-hybridized carbons (Fsp3) is 0.692. The summed E-state index contributed by atoms with van der Waals surface area (Å²) in [6, 6.07) is 3.15. The molecule has 2 rings (SSSR count). The van der Waals surface area contributed by atoms with Gasteiger partial charge in [0, 0.05) is 22.3 Å². The summed E-state index contributed by atoms with van der Waals surface area (Å²) in [5.41, 5.74) is 1.43. The van der Waals surface area contributed by atoms with Crippen molar-refractivity contribution in [1.29, 1.82) is 0 Å². The third-order valence-electron chi connectivity index (χ3n) is 3.06. The third-order valence-corrected chi connectivity index (χ3v) is 4.21.